The number of carbonyl (C=O) groups is 1. The highest BCUT2D eigenvalue weighted by molar-refractivity contribution is 5.81. The number of carbonyl (C=O) groups excluding carboxylic acids is 1. The van der Waals surface area contributed by atoms with Crippen molar-refractivity contribution in [1.29, 1.82) is 0 Å². The van der Waals surface area contributed by atoms with E-state index < -0.39 is 6.10 Å². The molecule has 0 radical (unpaired) electrons. The van der Waals surface area contributed by atoms with Crippen LogP contribution < -0.4 is 5.73 Å². The fourth-order valence-corrected chi connectivity index (χ4v) is 2.10. The summed E-state index contributed by atoms with van der Waals surface area (Å²) in [6.07, 6.45) is 3.02. The van der Waals surface area contributed by atoms with Crippen molar-refractivity contribution in [2.75, 3.05) is 26.7 Å². The van der Waals surface area contributed by atoms with Crippen molar-refractivity contribution in [2.45, 2.75) is 32.3 Å². The molecule has 0 aliphatic carbocycles. The Labute approximate surface area is 91.8 Å². The van der Waals surface area contributed by atoms with E-state index in [9.17, 15) is 4.79 Å². The van der Waals surface area contributed by atoms with Crippen LogP contribution in [-0.2, 0) is 9.53 Å². The first-order valence-electron chi connectivity index (χ1n) is 5.74. The van der Waals surface area contributed by atoms with Crippen molar-refractivity contribution in [3.63, 3.8) is 0 Å². The Morgan fingerprint density at radius 2 is 2.40 bits per heavy atom. The summed E-state index contributed by atoms with van der Waals surface area (Å²) in [4.78, 5) is 13.8. The van der Waals surface area contributed by atoms with E-state index in [0.29, 0.717) is 5.92 Å². The van der Waals surface area contributed by atoms with Gasteiger partial charge in [0.1, 0.15) is 6.10 Å². The number of ether oxygens (including phenoxy) is 1. The van der Waals surface area contributed by atoms with E-state index in [1.165, 1.54) is 13.5 Å². The highest BCUT2D eigenvalue weighted by Crippen LogP contribution is 2.19. The summed E-state index contributed by atoms with van der Waals surface area (Å²) in [7, 11) is 1.54. The molecule has 1 rings (SSSR count). The average Bonchev–Trinajstić information content (AvgIpc) is 2.30. The third-order valence-electron chi connectivity index (χ3n) is 3.18. The van der Waals surface area contributed by atoms with Crippen LogP contribution in [-0.4, -0.2) is 43.7 Å². The van der Waals surface area contributed by atoms with Crippen LogP contribution in [0.1, 0.15) is 26.2 Å². The smallest absolute Gasteiger partial charge is 0.253 e. The van der Waals surface area contributed by atoms with Crippen molar-refractivity contribution in [1.82, 2.24) is 4.90 Å². The first-order chi connectivity index (χ1) is 7.22. The quantitative estimate of drug-likeness (QED) is 0.746. The monoisotopic (exact) mass is 214 g/mol. The summed E-state index contributed by atoms with van der Waals surface area (Å²) in [5.74, 6) is 0.705. The molecule has 1 aliphatic rings. The van der Waals surface area contributed by atoms with Gasteiger partial charge in [0.15, 0.2) is 0 Å². The van der Waals surface area contributed by atoms with Gasteiger partial charge >= 0.3 is 0 Å². The summed E-state index contributed by atoms with van der Waals surface area (Å²) >= 11 is 0. The molecule has 1 heterocycles. The van der Waals surface area contributed by atoms with Gasteiger partial charge in [-0.25, -0.2) is 0 Å². The molecular formula is C11H22N2O2. The zero-order valence-corrected chi connectivity index (χ0v) is 9.74. The van der Waals surface area contributed by atoms with Crippen molar-refractivity contribution in [2.24, 2.45) is 11.7 Å². The van der Waals surface area contributed by atoms with Gasteiger partial charge in [-0.15, -0.1) is 0 Å². The summed E-state index contributed by atoms with van der Waals surface area (Å²) in [6.45, 7) is 4.17. The van der Waals surface area contributed by atoms with Crippen molar-refractivity contribution < 1.29 is 9.53 Å². The predicted molar refractivity (Wildman–Crippen MR) is 59.4 cm³/mol. The van der Waals surface area contributed by atoms with Gasteiger partial charge in [-0.1, -0.05) is 13.3 Å². The predicted octanol–water partition coefficient (Wildman–Crippen LogP) is 0.609. The van der Waals surface area contributed by atoms with Gasteiger partial charge < -0.3 is 15.4 Å². The third-order valence-corrected chi connectivity index (χ3v) is 3.18. The second kappa shape index (κ2) is 6.08. The molecule has 1 amide bonds. The molecule has 0 aromatic rings. The van der Waals surface area contributed by atoms with Crippen LogP contribution in [0.4, 0.5) is 0 Å². The van der Waals surface area contributed by atoms with Crippen LogP contribution in [0.15, 0.2) is 0 Å². The molecule has 88 valence electrons. The molecule has 0 saturated carbocycles. The Bertz CT molecular complexity index is 205. The van der Waals surface area contributed by atoms with Crippen molar-refractivity contribution in [3.8, 4) is 0 Å². The van der Waals surface area contributed by atoms with Gasteiger partial charge in [0.2, 0.25) is 0 Å². The lowest BCUT2D eigenvalue weighted by Crippen LogP contribution is -2.47. The topological polar surface area (TPSA) is 55.6 Å². The van der Waals surface area contributed by atoms with E-state index in [2.05, 4.69) is 6.92 Å². The highest BCUT2D eigenvalue weighted by Gasteiger charge is 2.27. The van der Waals surface area contributed by atoms with E-state index in [0.717, 1.165) is 25.9 Å². The molecule has 0 aromatic carbocycles. The maximum Gasteiger partial charge on any atom is 0.253 e. The number of methoxy groups -OCH3 is 1. The van der Waals surface area contributed by atoms with Gasteiger partial charge in [0, 0.05) is 26.7 Å². The number of hydrogen-bond acceptors (Lipinski definition) is 3. The maximum atomic E-state index is 11.9. The zero-order valence-electron chi connectivity index (χ0n) is 9.74. The van der Waals surface area contributed by atoms with Crippen molar-refractivity contribution >= 4 is 5.91 Å². The van der Waals surface area contributed by atoms with Crippen LogP contribution in [0.3, 0.4) is 0 Å². The first-order valence-corrected chi connectivity index (χ1v) is 5.74. The molecule has 1 aliphatic heterocycles. The summed E-state index contributed by atoms with van der Waals surface area (Å²) in [5, 5.41) is 0. The molecule has 0 aromatic heterocycles. The summed E-state index contributed by atoms with van der Waals surface area (Å²) in [5.41, 5.74) is 5.49. The van der Waals surface area contributed by atoms with E-state index in [1.54, 1.807) is 0 Å². The minimum atomic E-state index is -0.458. The fraction of sp³-hybridized carbons (Fsp3) is 0.909. The molecule has 15 heavy (non-hydrogen) atoms. The SMILES string of the molecule is CCC1CCCN(C(=O)C(CN)OC)C1. The average molecular weight is 214 g/mol. The molecule has 0 spiro atoms. The molecule has 4 nitrogen and oxygen atoms in total. The standard InChI is InChI=1S/C11H22N2O2/c1-3-9-5-4-6-13(8-9)11(14)10(7-12)15-2/h9-10H,3-8,12H2,1-2H3. The Kier molecular flexibility index (Phi) is 5.05. The molecule has 2 unspecified atom stereocenters. The second-order valence-corrected chi connectivity index (χ2v) is 4.16. The zero-order chi connectivity index (χ0) is 11.3. The molecule has 4 heteroatoms. The molecule has 2 N–H and O–H groups in total. The normalized spacial score (nSPS) is 23.9. The van der Waals surface area contributed by atoms with Gasteiger partial charge in [0.25, 0.3) is 5.91 Å². The Balaban J connectivity index is 2.51. The molecule has 0 bridgehead atoms. The van der Waals surface area contributed by atoms with Gasteiger partial charge in [-0.3, -0.25) is 4.79 Å². The van der Waals surface area contributed by atoms with Crippen LogP contribution in [0.5, 0.6) is 0 Å². The summed E-state index contributed by atoms with van der Waals surface area (Å²) in [6, 6.07) is 0. The van der Waals surface area contributed by atoms with Crippen molar-refractivity contribution in [3.05, 3.63) is 0 Å². The van der Waals surface area contributed by atoms with E-state index in [4.69, 9.17) is 10.5 Å². The number of piperidine rings is 1. The number of nitrogens with two attached hydrogens (primary N) is 1. The number of nitrogens with zero attached hydrogens (tertiary/aromatic N) is 1. The van der Waals surface area contributed by atoms with Crippen LogP contribution >= 0.6 is 0 Å². The molecule has 1 fully saturated rings. The van der Waals surface area contributed by atoms with Gasteiger partial charge in [-0.05, 0) is 18.8 Å². The largest absolute Gasteiger partial charge is 0.370 e. The number of amides is 1. The maximum absolute atomic E-state index is 11.9. The summed E-state index contributed by atoms with van der Waals surface area (Å²) < 4.78 is 5.07. The fourth-order valence-electron chi connectivity index (χ4n) is 2.10. The van der Waals surface area contributed by atoms with Crippen LogP contribution in [0.2, 0.25) is 0 Å². The highest BCUT2D eigenvalue weighted by atomic mass is 16.5. The molecular weight excluding hydrogens is 192 g/mol. The number of hydrogen-bond donors (Lipinski definition) is 1. The first kappa shape index (κ1) is 12.5. The Hall–Kier alpha value is -0.610. The van der Waals surface area contributed by atoms with Gasteiger partial charge in [0.05, 0.1) is 0 Å². The lowest BCUT2D eigenvalue weighted by molar-refractivity contribution is -0.143. The minimum Gasteiger partial charge on any atom is -0.370 e. The Morgan fingerprint density at radius 1 is 1.67 bits per heavy atom. The molecule has 2 atom stereocenters. The second-order valence-electron chi connectivity index (χ2n) is 4.16. The van der Waals surface area contributed by atoms with E-state index in [-0.39, 0.29) is 12.5 Å². The third kappa shape index (κ3) is 3.18. The minimum absolute atomic E-state index is 0.0538. The van der Waals surface area contributed by atoms with Crippen LogP contribution in [0.25, 0.3) is 0 Å². The van der Waals surface area contributed by atoms with E-state index in [1.807, 2.05) is 4.90 Å². The molecule has 1 saturated heterocycles. The lowest BCUT2D eigenvalue weighted by atomic mass is 9.95. The van der Waals surface area contributed by atoms with E-state index >= 15 is 0 Å². The number of rotatable bonds is 4. The van der Waals surface area contributed by atoms with Crippen LogP contribution in [0, 0.1) is 5.92 Å². The van der Waals surface area contributed by atoms with Gasteiger partial charge in [-0.2, -0.15) is 0 Å². The number of likely N-dealkylation sites (tertiary alicyclic amines) is 1. The Morgan fingerprint density at radius 3 is 2.93 bits per heavy atom. The lowest BCUT2D eigenvalue weighted by Gasteiger charge is -2.34.